The maximum absolute atomic E-state index is 12.1. The molecule has 0 aliphatic heterocycles. The van der Waals surface area contributed by atoms with Crippen molar-refractivity contribution in [3.8, 4) is 0 Å². The van der Waals surface area contributed by atoms with Crippen molar-refractivity contribution in [2.75, 3.05) is 13.1 Å². The molecular weight excluding hydrogens is 253 g/mol. The molecule has 1 aromatic heterocycles. The first-order valence-electron chi connectivity index (χ1n) is 5.30. The molecule has 6 nitrogen and oxygen atoms in total. The zero-order valence-corrected chi connectivity index (χ0v) is 9.94. The number of nitrogens with zero attached hydrogens (tertiary/aromatic N) is 4. The van der Waals surface area contributed by atoms with Gasteiger partial charge >= 0.3 is 17.9 Å². The fourth-order valence-corrected chi connectivity index (χ4v) is 1.39. The molecule has 102 valence electrons. The third-order valence-corrected chi connectivity index (χ3v) is 2.30. The third-order valence-electron chi connectivity index (χ3n) is 2.30. The molecule has 0 unspecified atom stereocenters. The highest BCUT2D eigenvalue weighted by molar-refractivity contribution is 5.76. The first kappa shape index (κ1) is 14.3. The Balaban J connectivity index is 3.00. The van der Waals surface area contributed by atoms with Crippen LogP contribution in [-0.4, -0.2) is 44.5 Å². The second-order valence-corrected chi connectivity index (χ2v) is 3.51. The van der Waals surface area contributed by atoms with Crippen LogP contribution < -0.4 is 5.69 Å². The molecule has 1 heterocycles. The summed E-state index contributed by atoms with van der Waals surface area (Å²) in [6.07, 6.45) is -3.75. The normalized spacial score (nSPS) is 11.6. The molecular formula is C9H13F3N4O2. The van der Waals surface area contributed by atoms with Gasteiger partial charge in [0, 0.05) is 13.1 Å². The topological polar surface area (TPSA) is 60.1 Å². The van der Waals surface area contributed by atoms with Crippen LogP contribution in [-0.2, 0) is 6.54 Å². The van der Waals surface area contributed by atoms with Gasteiger partial charge in [0.25, 0.3) is 0 Å². The predicted octanol–water partition coefficient (Wildman–Crippen LogP) is 0.917. The summed E-state index contributed by atoms with van der Waals surface area (Å²) in [4.78, 5) is 24.6. The Morgan fingerprint density at radius 2 is 1.94 bits per heavy atom. The number of hydrogen-bond donors (Lipinski definition) is 0. The van der Waals surface area contributed by atoms with E-state index in [1.165, 1.54) is 4.90 Å². The van der Waals surface area contributed by atoms with Gasteiger partial charge in [-0.25, -0.2) is 14.3 Å². The van der Waals surface area contributed by atoms with E-state index in [2.05, 4.69) is 5.10 Å². The summed E-state index contributed by atoms with van der Waals surface area (Å²) in [7, 11) is 0. The van der Waals surface area contributed by atoms with Gasteiger partial charge in [-0.2, -0.15) is 22.8 Å². The molecule has 9 heteroatoms. The van der Waals surface area contributed by atoms with Gasteiger partial charge in [0.1, 0.15) is 12.9 Å². The molecule has 1 rings (SSSR count). The molecule has 1 aromatic rings. The SMILES string of the molecule is CCN(CC)C(=O)n1cnn(CC(F)(F)F)c1=O. The summed E-state index contributed by atoms with van der Waals surface area (Å²) < 4.78 is 37.1. The quantitative estimate of drug-likeness (QED) is 0.817. The maximum Gasteiger partial charge on any atom is 0.408 e. The molecule has 0 saturated carbocycles. The highest BCUT2D eigenvalue weighted by Crippen LogP contribution is 2.15. The molecule has 0 N–H and O–H groups in total. The molecule has 0 radical (unpaired) electrons. The van der Waals surface area contributed by atoms with Crippen molar-refractivity contribution in [1.82, 2.24) is 19.2 Å². The van der Waals surface area contributed by atoms with E-state index in [0.29, 0.717) is 17.7 Å². The van der Waals surface area contributed by atoms with Gasteiger partial charge in [-0.05, 0) is 13.8 Å². The lowest BCUT2D eigenvalue weighted by molar-refractivity contribution is -0.143. The standard InChI is InChI=1S/C9H13F3N4O2/c1-3-14(4-2)7(17)15-6-13-16(8(15)18)5-9(10,11)12/h6H,3-5H2,1-2H3. The highest BCUT2D eigenvalue weighted by atomic mass is 19.4. The van der Waals surface area contributed by atoms with Gasteiger partial charge in [-0.3, -0.25) is 0 Å². The summed E-state index contributed by atoms with van der Waals surface area (Å²) >= 11 is 0. The minimum absolute atomic E-state index is 0.210. The van der Waals surface area contributed by atoms with Crippen LogP contribution in [0.3, 0.4) is 0 Å². The molecule has 0 saturated heterocycles. The van der Waals surface area contributed by atoms with Crippen LogP contribution in [0.25, 0.3) is 0 Å². The number of rotatable bonds is 3. The Kier molecular flexibility index (Phi) is 4.15. The van der Waals surface area contributed by atoms with Gasteiger partial charge < -0.3 is 4.90 Å². The predicted molar refractivity (Wildman–Crippen MR) is 56.3 cm³/mol. The Hall–Kier alpha value is -1.80. The van der Waals surface area contributed by atoms with Crippen molar-refractivity contribution in [3.05, 3.63) is 16.8 Å². The fourth-order valence-electron chi connectivity index (χ4n) is 1.39. The van der Waals surface area contributed by atoms with Gasteiger partial charge in [-0.15, -0.1) is 0 Å². The summed E-state index contributed by atoms with van der Waals surface area (Å²) in [6.45, 7) is 2.60. The average molecular weight is 266 g/mol. The van der Waals surface area contributed by atoms with Crippen molar-refractivity contribution in [1.29, 1.82) is 0 Å². The van der Waals surface area contributed by atoms with Gasteiger partial charge in [0.05, 0.1) is 0 Å². The molecule has 0 aliphatic rings. The number of carbonyl (C=O) groups excluding carboxylic acids is 1. The molecule has 0 bridgehead atoms. The number of aromatic nitrogens is 3. The minimum atomic E-state index is -4.55. The smallest absolute Gasteiger partial charge is 0.324 e. The van der Waals surface area contributed by atoms with Crippen molar-refractivity contribution >= 4 is 6.03 Å². The number of alkyl halides is 3. The van der Waals surface area contributed by atoms with Crippen molar-refractivity contribution in [3.63, 3.8) is 0 Å². The van der Waals surface area contributed by atoms with E-state index < -0.39 is 24.4 Å². The Labute approximate surface area is 101 Å². The second-order valence-electron chi connectivity index (χ2n) is 3.51. The van der Waals surface area contributed by atoms with Crippen LogP contribution in [0.5, 0.6) is 0 Å². The monoisotopic (exact) mass is 266 g/mol. The molecule has 0 aliphatic carbocycles. The van der Waals surface area contributed by atoms with E-state index in [4.69, 9.17) is 0 Å². The fraction of sp³-hybridized carbons (Fsp3) is 0.667. The first-order chi connectivity index (χ1) is 8.30. The Morgan fingerprint density at radius 3 is 2.39 bits per heavy atom. The summed E-state index contributed by atoms with van der Waals surface area (Å²) in [5.74, 6) is 0. The minimum Gasteiger partial charge on any atom is -0.324 e. The first-order valence-corrected chi connectivity index (χ1v) is 5.30. The number of amides is 1. The lowest BCUT2D eigenvalue weighted by Crippen LogP contribution is -2.40. The van der Waals surface area contributed by atoms with Crippen LogP contribution in [0.2, 0.25) is 0 Å². The van der Waals surface area contributed by atoms with Crippen LogP contribution in [0.4, 0.5) is 18.0 Å². The van der Waals surface area contributed by atoms with Gasteiger partial charge in [0.15, 0.2) is 0 Å². The van der Waals surface area contributed by atoms with E-state index in [-0.39, 0.29) is 4.68 Å². The number of hydrogen-bond acceptors (Lipinski definition) is 3. The van der Waals surface area contributed by atoms with Crippen molar-refractivity contribution in [2.45, 2.75) is 26.6 Å². The summed E-state index contributed by atoms with van der Waals surface area (Å²) in [6, 6.07) is -0.682. The molecule has 0 aromatic carbocycles. The van der Waals surface area contributed by atoms with E-state index in [0.717, 1.165) is 6.33 Å². The maximum atomic E-state index is 12.1. The highest BCUT2D eigenvalue weighted by Gasteiger charge is 2.30. The van der Waals surface area contributed by atoms with Crippen molar-refractivity contribution in [2.24, 2.45) is 0 Å². The van der Waals surface area contributed by atoms with Crippen LogP contribution in [0.15, 0.2) is 11.1 Å². The molecule has 0 spiro atoms. The van der Waals surface area contributed by atoms with E-state index >= 15 is 0 Å². The second kappa shape index (κ2) is 5.23. The number of carbonyl (C=O) groups is 1. The van der Waals surface area contributed by atoms with Crippen LogP contribution >= 0.6 is 0 Å². The summed E-state index contributed by atoms with van der Waals surface area (Å²) in [5, 5.41) is 3.27. The van der Waals surface area contributed by atoms with Gasteiger partial charge in [0.2, 0.25) is 0 Å². The molecule has 18 heavy (non-hydrogen) atoms. The summed E-state index contributed by atoms with van der Waals surface area (Å²) in [5.41, 5.74) is -1.09. The third kappa shape index (κ3) is 3.11. The zero-order valence-electron chi connectivity index (χ0n) is 9.94. The average Bonchev–Trinajstić information content (AvgIpc) is 2.60. The van der Waals surface area contributed by atoms with E-state index in [9.17, 15) is 22.8 Å². The van der Waals surface area contributed by atoms with Gasteiger partial charge in [-0.1, -0.05) is 0 Å². The Morgan fingerprint density at radius 1 is 1.39 bits per heavy atom. The Bertz CT molecular complexity index is 473. The van der Waals surface area contributed by atoms with E-state index in [1.54, 1.807) is 13.8 Å². The molecule has 1 amide bonds. The number of halogens is 3. The largest absolute Gasteiger partial charge is 0.408 e. The zero-order chi connectivity index (χ0) is 13.9. The van der Waals surface area contributed by atoms with Crippen LogP contribution in [0.1, 0.15) is 13.8 Å². The van der Waals surface area contributed by atoms with Crippen molar-refractivity contribution < 1.29 is 18.0 Å². The van der Waals surface area contributed by atoms with E-state index in [1.807, 2.05) is 0 Å². The molecule has 0 atom stereocenters. The lowest BCUT2D eigenvalue weighted by atomic mass is 10.5. The van der Waals surface area contributed by atoms with Crippen LogP contribution in [0, 0.1) is 0 Å². The lowest BCUT2D eigenvalue weighted by Gasteiger charge is -2.17. The molecule has 0 fully saturated rings.